The highest BCUT2D eigenvalue weighted by atomic mass is 16.5. The summed E-state index contributed by atoms with van der Waals surface area (Å²) in [6.45, 7) is 4.53. The standard InChI is InChI=1S/C15H18N6O3/c1-10-17-14(19-15(18-10)21-4-6-24-7-5-21)20-16-9-11-2-3-12(22)8-13(11)23/h2-3,8-9,22-23H,4-7H2,1H3,(H,17,18,19,20). The molecule has 0 unspecified atom stereocenters. The quantitative estimate of drug-likeness (QED) is 0.559. The van der Waals surface area contributed by atoms with Crippen LogP contribution in [0, 0.1) is 6.92 Å². The lowest BCUT2D eigenvalue weighted by Crippen LogP contribution is -2.37. The van der Waals surface area contributed by atoms with Crippen molar-refractivity contribution < 1.29 is 14.9 Å². The van der Waals surface area contributed by atoms with Crippen molar-refractivity contribution in [1.29, 1.82) is 0 Å². The molecule has 2 heterocycles. The number of phenols is 2. The Kier molecular flexibility index (Phi) is 4.71. The summed E-state index contributed by atoms with van der Waals surface area (Å²) in [4.78, 5) is 14.9. The Labute approximate surface area is 138 Å². The third-order valence-corrected chi connectivity index (χ3v) is 3.41. The summed E-state index contributed by atoms with van der Waals surface area (Å²) in [5, 5.41) is 23.0. The van der Waals surface area contributed by atoms with Gasteiger partial charge in [0.2, 0.25) is 11.9 Å². The molecule has 0 saturated carbocycles. The van der Waals surface area contributed by atoms with Gasteiger partial charge in [0.1, 0.15) is 17.3 Å². The summed E-state index contributed by atoms with van der Waals surface area (Å²) >= 11 is 0. The van der Waals surface area contributed by atoms with E-state index in [1.165, 1.54) is 18.3 Å². The van der Waals surface area contributed by atoms with E-state index < -0.39 is 0 Å². The third-order valence-electron chi connectivity index (χ3n) is 3.41. The average molecular weight is 330 g/mol. The van der Waals surface area contributed by atoms with E-state index in [0.717, 1.165) is 13.1 Å². The molecule has 1 aliphatic heterocycles. The first-order chi connectivity index (χ1) is 11.6. The number of benzene rings is 1. The van der Waals surface area contributed by atoms with E-state index in [1.54, 1.807) is 13.0 Å². The molecule has 24 heavy (non-hydrogen) atoms. The molecule has 1 aliphatic rings. The molecule has 3 N–H and O–H groups in total. The van der Waals surface area contributed by atoms with E-state index in [2.05, 4.69) is 25.5 Å². The zero-order valence-corrected chi connectivity index (χ0v) is 13.2. The van der Waals surface area contributed by atoms with Crippen LogP contribution in [0.15, 0.2) is 23.3 Å². The maximum absolute atomic E-state index is 9.71. The molecule has 0 aliphatic carbocycles. The number of phenolic OH excluding ortho intramolecular Hbond substituents is 2. The van der Waals surface area contributed by atoms with E-state index >= 15 is 0 Å². The Bertz CT molecular complexity index is 746. The SMILES string of the molecule is Cc1nc(NN=Cc2ccc(O)cc2O)nc(N2CCOCC2)n1. The zero-order valence-electron chi connectivity index (χ0n) is 13.2. The van der Waals surface area contributed by atoms with Crippen molar-refractivity contribution in [2.45, 2.75) is 6.92 Å². The molecular weight excluding hydrogens is 312 g/mol. The molecule has 1 aromatic heterocycles. The monoisotopic (exact) mass is 330 g/mol. The number of ether oxygens (including phenoxy) is 1. The van der Waals surface area contributed by atoms with Crippen LogP contribution in [0.1, 0.15) is 11.4 Å². The number of nitrogens with zero attached hydrogens (tertiary/aromatic N) is 5. The van der Waals surface area contributed by atoms with Crippen LogP contribution in [0.4, 0.5) is 11.9 Å². The van der Waals surface area contributed by atoms with Crippen LogP contribution in [0.25, 0.3) is 0 Å². The first-order valence-electron chi connectivity index (χ1n) is 7.48. The Morgan fingerprint density at radius 1 is 1.21 bits per heavy atom. The van der Waals surface area contributed by atoms with Crippen LogP contribution in [0.2, 0.25) is 0 Å². The molecule has 1 saturated heterocycles. The number of aryl methyl sites for hydroxylation is 1. The van der Waals surface area contributed by atoms with Crippen LogP contribution in [0.5, 0.6) is 11.5 Å². The van der Waals surface area contributed by atoms with E-state index in [9.17, 15) is 10.2 Å². The third kappa shape index (κ3) is 3.87. The number of morpholine rings is 1. The average Bonchev–Trinajstić information content (AvgIpc) is 2.57. The first kappa shape index (κ1) is 15.9. The summed E-state index contributed by atoms with van der Waals surface area (Å²) in [6.07, 6.45) is 1.42. The van der Waals surface area contributed by atoms with Crippen LogP contribution < -0.4 is 10.3 Å². The van der Waals surface area contributed by atoms with Gasteiger partial charge in [0, 0.05) is 24.7 Å². The fraction of sp³-hybridized carbons (Fsp3) is 0.333. The van der Waals surface area contributed by atoms with Gasteiger partial charge in [-0.15, -0.1) is 0 Å². The fourth-order valence-electron chi connectivity index (χ4n) is 2.22. The van der Waals surface area contributed by atoms with Crippen LogP contribution >= 0.6 is 0 Å². The van der Waals surface area contributed by atoms with Gasteiger partial charge in [-0.1, -0.05) is 0 Å². The summed E-state index contributed by atoms with van der Waals surface area (Å²) in [6, 6.07) is 4.25. The van der Waals surface area contributed by atoms with Crippen molar-refractivity contribution in [1.82, 2.24) is 15.0 Å². The van der Waals surface area contributed by atoms with Gasteiger partial charge in [-0.2, -0.15) is 20.1 Å². The van der Waals surface area contributed by atoms with Gasteiger partial charge in [0.15, 0.2) is 0 Å². The Balaban J connectivity index is 1.72. The second-order valence-electron chi connectivity index (χ2n) is 5.22. The van der Waals surface area contributed by atoms with Gasteiger partial charge >= 0.3 is 0 Å². The Morgan fingerprint density at radius 2 is 2.00 bits per heavy atom. The van der Waals surface area contributed by atoms with Crippen molar-refractivity contribution >= 4 is 18.1 Å². The number of aromatic nitrogens is 3. The highest BCUT2D eigenvalue weighted by Gasteiger charge is 2.15. The first-order valence-corrected chi connectivity index (χ1v) is 7.48. The Morgan fingerprint density at radius 3 is 2.75 bits per heavy atom. The van der Waals surface area contributed by atoms with E-state index in [0.29, 0.717) is 36.5 Å². The number of hydrazone groups is 1. The molecule has 3 rings (SSSR count). The molecule has 0 atom stereocenters. The van der Waals surface area contributed by atoms with Crippen molar-refractivity contribution in [3.8, 4) is 11.5 Å². The van der Waals surface area contributed by atoms with Crippen molar-refractivity contribution in [3.05, 3.63) is 29.6 Å². The minimum Gasteiger partial charge on any atom is -0.508 e. The predicted octanol–water partition coefficient (Wildman–Crippen LogP) is 0.874. The number of hydrogen-bond acceptors (Lipinski definition) is 9. The molecule has 9 heteroatoms. The van der Waals surface area contributed by atoms with Gasteiger partial charge in [-0.05, 0) is 19.1 Å². The molecule has 0 spiro atoms. The predicted molar refractivity (Wildman–Crippen MR) is 88.6 cm³/mol. The molecule has 1 aromatic carbocycles. The zero-order chi connectivity index (χ0) is 16.9. The van der Waals surface area contributed by atoms with Crippen molar-refractivity contribution in [2.75, 3.05) is 36.6 Å². The number of anilines is 2. The molecule has 1 fully saturated rings. The topological polar surface area (TPSA) is 116 Å². The van der Waals surface area contributed by atoms with E-state index in [4.69, 9.17) is 4.74 Å². The van der Waals surface area contributed by atoms with E-state index in [1.807, 2.05) is 4.90 Å². The molecule has 2 aromatic rings. The summed E-state index contributed by atoms with van der Waals surface area (Å²) < 4.78 is 5.32. The Hall–Kier alpha value is -2.94. The molecule has 0 radical (unpaired) electrons. The number of hydrogen-bond donors (Lipinski definition) is 3. The summed E-state index contributed by atoms with van der Waals surface area (Å²) in [5.74, 6) is 1.40. The van der Waals surface area contributed by atoms with Crippen LogP contribution in [0.3, 0.4) is 0 Å². The maximum Gasteiger partial charge on any atom is 0.248 e. The normalized spacial score (nSPS) is 15.0. The van der Waals surface area contributed by atoms with Gasteiger partial charge < -0.3 is 19.8 Å². The second kappa shape index (κ2) is 7.09. The van der Waals surface area contributed by atoms with E-state index in [-0.39, 0.29) is 11.5 Å². The summed E-state index contributed by atoms with van der Waals surface area (Å²) in [7, 11) is 0. The van der Waals surface area contributed by atoms with Crippen LogP contribution in [-0.4, -0.2) is 57.7 Å². The lowest BCUT2D eigenvalue weighted by Gasteiger charge is -2.26. The molecule has 0 amide bonds. The number of rotatable bonds is 4. The fourth-order valence-corrected chi connectivity index (χ4v) is 2.22. The van der Waals surface area contributed by atoms with Gasteiger partial charge in [-0.3, -0.25) is 0 Å². The molecular formula is C15H18N6O3. The van der Waals surface area contributed by atoms with Crippen LogP contribution in [-0.2, 0) is 4.74 Å². The maximum atomic E-state index is 9.71. The van der Waals surface area contributed by atoms with Gasteiger partial charge in [0.25, 0.3) is 0 Å². The lowest BCUT2D eigenvalue weighted by atomic mass is 10.2. The van der Waals surface area contributed by atoms with Gasteiger partial charge in [-0.25, -0.2) is 5.43 Å². The molecule has 126 valence electrons. The highest BCUT2D eigenvalue weighted by molar-refractivity contribution is 5.84. The molecule has 0 bridgehead atoms. The number of nitrogens with one attached hydrogen (secondary N) is 1. The minimum atomic E-state index is -0.0682. The summed E-state index contributed by atoms with van der Waals surface area (Å²) in [5.41, 5.74) is 3.19. The largest absolute Gasteiger partial charge is 0.508 e. The lowest BCUT2D eigenvalue weighted by molar-refractivity contribution is 0.122. The number of aromatic hydroxyl groups is 2. The van der Waals surface area contributed by atoms with Gasteiger partial charge in [0.05, 0.1) is 19.4 Å². The minimum absolute atomic E-state index is 0.0131. The second-order valence-corrected chi connectivity index (χ2v) is 5.22. The van der Waals surface area contributed by atoms with Crippen molar-refractivity contribution in [3.63, 3.8) is 0 Å². The van der Waals surface area contributed by atoms with Crippen molar-refractivity contribution in [2.24, 2.45) is 5.10 Å². The molecule has 9 nitrogen and oxygen atoms in total. The highest BCUT2D eigenvalue weighted by Crippen LogP contribution is 2.20. The smallest absolute Gasteiger partial charge is 0.248 e.